The molecule has 4 heteroatoms. The molecule has 0 aromatic heterocycles. The van der Waals surface area contributed by atoms with Crippen molar-refractivity contribution in [2.75, 3.05) is 0 Å². The predicted octanol–water partition coefficient (Wildman–Crippen LogP) is 10.6. The van der Waals surface area contributed by atoms with Gasteiger partial charge in [-0.25, -0.2) is 0 Å². The fourth-order valence-electron chi connectivity index (χ4n) is 7.51. The Morgan fingerprint density at radius 3 is 1.63 bits per heavy atom. The Hall–Kier alpha value is -1.45. The molecule has 3 aliphatic carbocycles. The summed E-state index contributed by atoms with van der Waals surface area (Å²) in [6.45, 7) is 15.7. The molecule has 0 amide bonds. The molecule has 2 nitrogen and oxygen atoms in total. The topological polar surface area (TPSA) is 26.3 Å². The quantitative estimate of drug-likeness (QED) is 0.349. The van der Waals surface area contributed by atoms with Crippen molar-refractivity contribution in [3.05, 3.63) is 29.8 Å². The molecular weight excluding hydrogens is 478 g/mol. The van der Waals surface area contributed by atoms with E-state index in [1.807, 2.05) is 26.0 Å². The van der Waals surface area contributed by atoms with Gasteiger partial charge in [-0.1, -0.05) is 73.4 Å². The zero-order chi connectivity index (χ0) is 28.1. The molecule has 216 valence electrons. The van der Waals surface area contributed by atoms with E-state index in [2.05, 4.69) is 34.6 Å². The van der Waals surface area contributed by atoms with Gasteiger partial charge in [0.15, 0.2) is 0 Å². The van der Waals surface area contributed by atoms with Gasteiger partial charge in [0, 0.05) is 12.8 Å². The minimum atomic E-state index is -3.14. The number of rotatable bonds is 7. The van der Waals surface area contributed by atoms with Gasteiger partial charge in [0.2, 0.25) is 0 Å². The maximum atomic E-state index is 15.2. The first-order valence-corrected chi connectivity index (χ1v) is 15.6. The van der Waals surface area contributed by atoms with E-state index in [4.69, 9.17) is 4.74 Å². The van der Waals surface area contributed by atoms with Crippen molar-refractivity contribution in [2.24, 2.45) is 34.5 Å². The summed E-state index contributed by atoms with van der Waals surface area (Å²) >= 11 is 0. The number of hydrogen-bond acceptors (Lipinski definition) is 2. The minimum Gasteiger partial charge on any atom is -0.432 e. The maximum Gasteiger partial charge on any atom is 0.400 e. The Labute approximate surface area is 231 Å². The van der Waals surface area contributed by atoms with Gasteiger partial charge in [0.1, 0.15) is 11.5 Å². The van der Waals surface area contributed by atoms with E-state index in [9.17, 15) is 4.79 Å². The van der Waals surface area contributed by atoms with Gasteiger partial charge in [-0.2, -0.15) is 8.78 Å². The normalized spacial score (nSPS) is 27.9. The van der Waals surface area contributed by atoms with Crippen molar-refractivity contribution in [1.82, 2.24) is 0 Å². The molecule has 0 aliphatic heterocycles. The van der Waals surface area contributed by atoms with Gasteiger partial charge in [0.25, 0.3) is 0 Å². The van der Waals surface area contributed by atoms with Gasteiger partial charge < -0.3 is 4.74 Å². The Kier molecular flexibility index (Phi) is 10.5. The number of ketones is 1. The molecule has 3 fully saturated rings. The molecule has 0 saturated heterocycles. The van der Waals surface area contributed by atoms with Crippen LogP contribution in [0.4, 0.5) is 8.78 Å². The molecule has 0 radical (unpaired) electrons. The van der Waals surface area contributed by atoms with Crippen LogP contribution in [0.2, 0.25) is 0 Å². The lowest BCUT2D eigenvalue weighted by Crippen LogP contribution is -2.47. The maximum absolute atomic E-state index is 15.2. The average molecular weight is 533 g/mol. The molecular formula is C34H54F2O2. The number of carbonyl (C=O) groups is 1. The van der Waals surface area contributed by atoms with E-state index in [1.54, 1.807) is 12.1 Å². The third-order valence-corrected chi connectivity index (χ3v) is 11.1. The Bertz CT molecular complexity index is 862. The number of carbonyl (C=O) groups excluding carboxylic acids is 1. The van der Waals surface area contributed by atoms with Crippen molar-refractivity contribution in [1.29, 1.82) is 0 Å². The number of alkyl halides is 2. The van der Waals surface area contributed by atoms with Crippen LogP contribution in [0.1, 0.15) is 137 Å². The molecule has 38 heavy (non-hydrogen) atoms. The zero-order valence-electron chi connectivity index (χ0n) is 25.3. The van der Waals surface area contributed by atoms with Crippen LogP contribution in [0, 0.1) is 34.5 Å². The highest BCUT2D eigenvalue weighted by atomic mass is 19.3. The summed E-state index contributed by atoms with van der Waals surface area (Å²) in [6, 6.07) is 7.47. The summed E-state index contributed by atoms with van der Waals surface area (Å²) in [5.41, 5.74) is 1.36. The van der Waals surface area contributed by atoms with Gasteiger partial charge in [-0.3, -0.25) is 4.79 Å². The third-order valence-electron chi connectivity index (χ3n) is 11.1. The monoisotopic (exact) mass is 532 g/mol. The highest BCUT2D eigenvalue weighted by Crippen LogP contribution is 2.57. The first kappa shape index (κ1) is 31.1. The number of Topliss-reactive ketones (excluding diaryl/α,β-unsaturated/α-hetero) is 1. The second-order valence-corrected chi connectivity index (χ2v) is 13.5. The Morgan fingerprint density at radius 1 is 0.684 bits per heavy atom. The van der Waals surface area contributed by atoms with E-state index in [0.717, 1.165) is 31.6 Å². The largest absolute Gasteiger partial charge is 0.432 e. The smallest absolute Gasteiger partial charge is 0.400 e. The molecule has 4 rings (SSSR count). The average Bonchev–Trinajstić information content (AvgIpc) is 2.91. The van der Waals surface area contributed by atoms with E-state index in [1.165, 1.54) is 31.2 Å². The molecule has 0 unspecified atom stereocenters. The second-order valence-electron chi connectivity index (χ2n) is 13.5. The molecule has 3 saturated carbocycles. The highest BCUT2D eigenvalue weighted by Gasteiger charge is 2.51. The van der Waals surface area contributed by atoms with Crippen LogP contribution in [0.15, 0.2) is 24.3 Å². The van der Waals surface area contributed by atoms with Crippen molar-refractivity contribution in [2.45, 2.75) is 138 Å². The molecule has 1 aromatic carbocycles. The number of halogens is 2. The summed E-state index contributed by atoms with van der Waals surface area (Å²) < 4.78 is 35.8. The molecule has 0 atom stereocenters. The lowest BCUT2D eigenvalue weighted by Gasteiger charge is -2.54. The molecule has 0 bridgehead atoms. The molecule has 0 N–H and O–H groups in total. The van der Waals surface area contributed by atoms with Crippen LogP contribution in [-0.2, 0) is 4.79 Å². The zero-order valence-corrected chi connectivity index (χ0v) is 25.3. The lowest BCUT2D eigenvalue weighted by atomic mass is 9.51. The van der Waals surface area contributed by atoms with E-state index >= 15 is 8.78 Å². The molecule has 1 aromatic rings. The Morgan fingerprint density at radius 2 is 1.13 bits per heavy atom. The van der Waals surface area contributed by atoms with Crippen LogP contribution in [0.25, 0.3) is 0 Å². The van der Waals surface area contributed by atoms with Gasteiger partial charge in [0.05, 0.1) is 5.92 Å². The van der Waals surface area contributed by atoms with Crippen molar-refractivity contribution >= 4 is 5.78 Å². The van der Waals surface area contributed by atoms with Crippen molar-refractivity contribution in [3.8, 4) is 5.75 Å². The lowest BCUT2D eigenvalue weighted by molar-refractivity contribution is -0.226. The molecule has 0 heterocycles. The summed E-state index contributed by atoms with van der Waals surface area (Å²) in [6.07, 6.45) is 7.67. The minimum absolute atomic E-state index is 0.0336. The first-order valence-electron chi connectivity index (χ1n) is 15.6. The van der Waals surface area contributed by atoms with Gasteiger partial charge in [-0.05, 0) is 104 Å². The van der Waals surface area contributed by atoms with Crippen LogP contribution < -0.4 is 4.74 Å². The second kappa shape index (κ2) is 12.8. The summed E-state index contributed by atoms with van der Waals surface area (Å²) in [7, 11) is 0. The van der Waals surface area contributed by atoms with Crippen molar-refractivity contribution < 1.29 is 18.3 Å². The first-order chi connectivity index (χ1) is 17.9. The van der Waals surface area contributed by atoms with Crippen LogP contribution in [0.5, 0.6) is 5.75 Å². The van der Waals surface area contributed by atoms with E-state index < -0.39 is 12.0 Å². The SMILES string of the molecule is CC.CC1CCC(c2ccc(OC(F)(F)C3CCC(C(C)(C)C(C)(C)C4CCC(=O)CC4)CC3)cc2)CC1. The number of ether oxygens (including phenoxy) is 1. The summed E-state index contributed by atoms with van der Waals surface area (Å²) in [5.74, 6) is 2.21. The van der Waals surface area contributed by atoms with E-state index in [-0.39, 0.29) is 16.6 Å². The fourth-order valence-corrected chi connectivity index (χ4v) is 7.51. The van der Waals surface area contributed by atoms with Crippen LogP contribution in [0.3, 0.4) is 0 Å². The van der Waals surface area contributed by atoms with Crippen molar-refractivity contribution in [3.63, 3.8) is 0 Å². The highest BCUT2D eigenvalue weighted by molar-refractivity contribution is 5.79. The predicted molar refractivity (Wildman–Crippen MR) is 154 cm³/mol. The number of benzene rings is 1. The third kappa shape index (κ3) is 7.00. The van der Waals surface area contributed by atoms with Gasteiger partial charge in [-0.15, -0.1) is 0 Å². The Balaban J connectivity index is 0.00000195. The van der Waals surface area contributed by atoms with E-state index in [0.29, 0.717) is 49.2 Å². The van der Waals surface area contributed by atoms with Gasteiger partial charge >= 0.3 is 6.11 Å². The standard InChI is InChI=1S/C32H48F2O2.C2H6/c1-22-6-8-23(9-7-22)24-10-20-29(21-11-24)36-32(33,34)27-14-12-25(13-15-27)30(2,3)31(4,5)26-16-18-28(35)19-17-26;1-2/h10-11,20-23,25-27H,6-9,12-19H2,1-5H3;1-2H3. The van der Waals surface area contributed by atoms with Crippen LogP contribution in [-0.4, -0.2) is 11.9 Å². The fraction of sp³-hybridized carbons (Fsp3) is 0.794. The molecule has 0 spiro atoms. The van der Waals surface area contributed by atoms with Crippen LogP contribution >= 0.6 is 0 Å². The summed E-state index contributed by atoms with van der Waals surface area (Å²) in [4.78, 5) is 11.8. The number of hydrogen-bond donors (Lipinski definition) is 0. The summed E-state index contributed by atoms with van der Waals surface area (Å²) in [5, 5.41) is 0. The molecule has 3 aliphatic rings.